The highest BCUT2D eigenvalue weighted by Gasteiger charge is 2.39. The molecule has 0 amide bonds. The third-order valence-electron chi connectivity index (χ3n) is 7.32. The molecule has 0 spiro atoms. The van der Waals surface area contributed by atoms with Crippen molar-refractivity contribution in [2.24, 2.45) is 17.8 Å². The van der Waals surface area contributed by atoms with Gasteiger partial charge in [0.25, 0.3) is 0 Å². The highest BCUT2D eigenvalue weighted by atomic mass is 28.4. The van der Waals surface area contributed by atoms with E-state index >= 15 is 0 Å². The van der Waals surface area contributed by atoms with E-state index in [0.717, 1.165) is 19.6 Å². The van der Waals surface area contributed by atoms with Gasteiger partial charge < -0.3 is 18.3 Å². The molecule has 4 nitrogen and oxygen atoms in total. The summed E-state index contributed by atoms with van der Waals surface area (Å²) in [5.41, 5.74) is 0. The zero-order chi connectivity index (χ0) is 24.0. The fourth-order valence-corrected chi connectivity index (χ4v) is 5.34. The number of methoxy groups -OCH3 is 1. The number of hydrogen-bond donors (Lipinski definition) is 0. The van der Waals surface area contributed by atoms with Gasteiger partial charge in [0.05, 0.1) is 6.10 Å². The van der Waals surface area contributed by atoms with Crippen molar-refractivity contribution in [3.63, 3.8) is 0 Å². The maximum atomic E-state index is 6.50. The van der Waals surface area contributed by atoms with E-state index in [4.69, 9.17) is 18.3 Å². The van der Waals surface area contributed by atoms with Crippen LogP contribution in [0.25, 0.3) is 0 Å². The Balaban J connectivity index is 4.95. The molecule has 182 valence electrons. The monoisotopic (exact) mass is 462 g/mol. The Bertz CT molecular complexity index is 481. The summed E-state index contributed by atoms with van der Waals surface area (Å²) >= 11 is 0. The van der Waals surface area contributed by atoms with Gasteiger partial charge in [-0.1, -0.05) is 62.3 Å². The first-order chi connectivity index (χ1) is 13.4. The van der Waals surface area contributed by atoms with Crippen LogP contribution in [0.4, 0.5) is 0 Å². The smallest absolute Gasteiger partial charge is 0.191 e. The van der Waals surface area contributed by atoms with Gasteiger partial charge in [-0.05, 0) is 54.5 Å². The van der Waals surface area contributed by atoms with Crippen LogP contribution in [-0.2, 0) is 18.3 Å². The van der Waals surface area contributed by atoms with Crippen molar-refractivity contribution in [2.45, 2.75) is 111 Å². The second kappa shape index (κ2) is 11.9. The summed E-state index contributed by atoms with van der Waals surface area (Å²) in [6.45, 7) is 31.8. The molecule has 0 unspecified atom stereocenters. The molecule has 0 heterocycles. The lowest BCUT2D eigenvalue weighted by Gasteiger charge is -2.39. The van der Waals surface area contributed by atoms with Crippen LogP contribution in [0, 0.1) is 17.8 Å². The highest BCUT2D eigenvalue weighted by Crippen LogP contribution is 2.38. The van der Waals surface area contributed by atoms with E-state index in [0.29, 0.717) is 24.5 Å². The first-order valence-corrected chi connectivity index (χ1v) is 17.6. The molecule has 0 radical (unpaired) electrons. The molecule has 0 fully saturated rings. The molecule has 4 atom stereocenters. The standard InChI is InChI=1S/C24H54O4Si2/c1-19(16-27-29(11,12)23(4,5)6)15-20(2)22(26-18-25-10)21(3)17-28-30(13,14)24(7,8)9/h19-22H,15-18H2,1-14H3/t19-,20+,21+,22+/m1/s1. The van der Waals surface area contributed by atoms with Crippen molar-refractivity contribution in [3.05, 3.63) is 0 Å². The van der Waals surface area contributed by atoms with E-state index in [1.807, 2.05) is 0 Å². The molecule has 30 heavy (non-hydrogen) atoms. The Morgan fingerprint density at radius 2 is 1.13 bits per heavy atom. The van der Waals surface area contributed by atoms with E-state index in [1.165, 1.54) is 0 Å². The molecular weight excluding hydrogens is 408 g/mol. The SMILES string of the molecule is COCO[C@H]([C@@H](C)CO[Si](C)(C)C(C)(C)C)[C@@H](C)C[C@@H](C)CO[Si](C)(C)C(C)(C)C. The first kappa shape index (κ1) is 30.3. The van der Waals surface area contributed by atoms with Crippen molar-refractivity contribution in [2.75, 3.05) is 27.1 Å². The fraction of sp³-hybridized carbons (Fsp3) is 1.00. The zero-order valence-electron chi connectivity index (χ0n) is 22.8. The van der Waals surface area contributed by atoms with Crippen LogP contribution in [0.1, 0.15) is 68.7 Å². The summed E-state index contributed by atoms with van der Waals surface area (Å²) < 4.78 is 24.3. The van der Waals surface area contributed by atoms with E-state index in [-0.39, 0.29) is 16.2 Å². The quantitative estimate of drug-likeness (QED) is 0.212. The number of rotatable bonds is 13. The minimum Gasteiger partial charge on any atom is -0.417 e. The molecule has 0 saturated heterocycles. The molecule has 0 rings (SSSR count). The first-order valence-electron chi connectivity index (χ1n) is 11.7. The molecule has 0 saturated carbocycles. The van der Waals surface area contributed by atoms with Crippen LogP contribution in [-0.4, -0.2) is 49.9 Å². The van der Waals surface area contributed by atoms with E-state index < -0.39 is 16.6 Å². The lowest BCUT2D eigenvalue weighted by Crippen LogP contribution is -2.44. The van der Waals surface area contributed by atoms with Crippen LogP contribution in [0.2, 0.25) is 36.3 Å². The van der Waals surface area contributed by atoms with Gasteiger partial charge in [0.15, 0.2) is 16.6 Å². The average molecular weight is 463 g/mol. The van der Waals surface area contributed by atoms with Gasteiger partial charge >= 0.3 is 0 Å². The van der Waals surface area contributed by atoms with Crippen molar-refractivity contribution >= 4 is 16.6 Å². The van der Waals surface area contributed by atoms with Gasteiger partial charge in [0.2, 0.25) is 0 Å². The lowest BCUT2D eigenvalue weighted by molar-refractivity contribution is -0.115. The van der Waals surface area contributed by atoms with Crippen molar-refractivity contribution in [3.8, 4) is 0 Å². The Hall–Kier alpha value is 0.274. The van der Waals surface area contributed by atoms with Gasteiger partial charge in [-0.2, -0.15) is 0 Å². The predicted molar refractivity (Wildman–Crippen MR) is 135 cm³/mol. The normalized spacial score (nSPS) is 18.2. The molecular formula is C24H54O4Si2. The Morgan fingerprint density at radius 1 is 0.700 bits per heavy atom. The third-order valence-corrected chi connectivity index (χ3v) is 16.3. The fourth-order valence-electron chi connectivity index (χ4n) is 3.09. The summed E-state index contributed by atoms with van der Waals surface area (Å²) in [7, 11) is -1.78. The molecule has 0 aromatic carbocycles. The zero-order valence-corrected chi connectivity index (χ0v) is 24.8. The molecule has 0 aliphatic carbocycles. The van der Waals surface area contributed by atoms with E-state index in [9.17, 15) is 0 Å². The lowest BCUT2D eigenvalue weighted by atomic mass is 9.87. The Morgan fingerprint density at radius 3 is 1.53 bits per heavy atom. The van der Waals surface area contributed by atoms with Gasteiger partial charge in [0.1, 0.15) is 6.79 Å². The van der Waals surface area contributed by atoms with Crippen molar-refractivity contribution < 1.29 is 18.3 Å². The average Bonchev–Trinajstić information content (AvgIpc) is 2.56. The molecule has 0 aromatic heterocycles. The number of hydrogen-bond acceptors (Lipinski definition) is 4. The highest BCUT2D eigenvalue weighted by molar-refractivity contribution is 6.74. The van der Waals surface area contributed by atoms with Crippen LogP contribution >= 0.6 is 0 Å². The van der Waals surface area contributed by atoms with Crippen LogP contribution in [0.3, 0.4) is 0 Å². The topological polar surface area (TPSA) is 36.9 Å². The Labute approximate surface area is 191 Å². The van der Waals surface area contributed by atoms with Crippen LogP contribution < -0.4 is 0 Å². The van der Waals surface area contributed by atoms with Crippen molar-refractivity contribution in [1.82, 2.24) is 0 Å². The predicted octanol–water partition coefficient (Wildman–Crippen LogP) is 7.32. The number of ether oxygens (including phenoxy) is 2. The molecule has 0 aromatic rings. The molecule has 0 N–H and O–H groups in total. The minimum atomic E-state index is -1.77. The third kappa shape index (κ3) is 9.82. The molecule has 0 bridgehead atoms. The van der Waals surface area contributed by atoms with Gasteiger partial charge in [-0.3, -0.25) is 0 Å². The van der Waals surface area contributed by atoms with Gasteiger partial charge in [0, 0.05) is 26.2 Å². The van der Waals surface area contributed by atoms with E-state index in [2.05, 4.69) is 88.5 Å². The summed E-state index contributed by atoms with van der Waals surface area (Å²) in [6.07, 6.45) is 1.19. The molecule has 0 aliphatic heterocycles. The second-order valence-corrected chi connectivity index (χ2v) is 22.1. The largest absolute Gasteiger partial charge is 0.417 e. The maximum Gasteiger partial charge on any atom is 0.191 e. The Kier molecular flexibility index (Phi) is 12.0. The summed E-state index contributed by atoms with van der Waals surface area (Å²) in [5, 5.41) is 0.467. The minimum absolute atomic E-state index is 0.116. The summed E-state index contributed by atoms with van der Waals surface area (Å²) in [4.78, 5) is 0. The summed E-state index contributed by atoms with van der Waals surface area (Å²) in [6, 6.07) is 0. The maximum absolute atomic E-state index is 6.50. The molecule has 0 aliphatic rings. The van der Waals surface area contributed by atoms with Crippen LogP contribution in [0.5, 0.6) is 0 Å². The van der Waals surface area contributed by atoms with Gasteiger partial charge in [-0.25, -0.2) is 0 Å². The van der Waals surface area contributed by atoms with Crippen LogP contribution in [0.15, 0.2) is 0 Å². The van der Waals surface area contributed by atoms with E-state index in [1.54, 1.807) is 7.11 Å². The second-order valence-electron chi connectivity index (χ2n) is 12.5. The van der Waals surface area contributed by atoms with Gasteiger partial charge in [-0.15, -0.1) is 0 Å². The molecule has 6 heteroatoms. The van der Waals surface area contributed by atoms with Crippen molar-refractivity contribution in [1.29, 1.82) is 0 Å². The summed E-state index contributed by atoms with van der Waals surface area (Å²) in [5.74, 6) is 1.23.